The van der Waals surface area contributed by atoms with E-state index in [1.54, 1.807) is 23.7 Å². The van der Waals surface area contributed by atoms with Crippen molar-refractivity contribution in [1.29, 1.82) is 0 Å². The van der Waals surface area contributed by atoms with Crippen LogP contribution >= 0.6 is 30.9 Å². The monoisotopic (exact) mass is 687 g/mol. The summed E-state index contributed by atoms with van der Waals surface area (Å²) in [5, 5.41) is 3.24. The van der Waals surface area contributed by atoms with Gasteiger partial charge in [0, 0.05) is 26.4 Å². The molecule has 0 N–H and O–H groups in total. The Morgan fingerprint density at radius 2 is 0.816 bits per heavy atom. The number of hydrogen-bond donors (Lipinski definition) is 0. The summed E-state index contributed by atoms with van der Waals surface area (Å²) in [5.41, 5.74) is 4.40. The second-order valence-electron chi connectivity index (χ2n) is 11.5. The van der Waals surface area contributed by atoms with E-state index in [-0.39, 0.29) is 0 Å². The lowest BCUT2D eigenvalue weighted by atomic mass is 9.84. The van der Waals surface area contributed by atoms with Crippen LogP contribution in [-0.4, -0.2) is 5.04 Å². The van der Waals surface area contributed by atoms with Gasteiger partial charge in [0.05, 0.1) is 0 Å². The van der Waals surface area contributed by atoms with Gasteiger partial charge in [-0.15, -0.1) is 0 Å². The molecule has 0 saturated carbocycles. The highest BCUT2D eigenvalue weighted by Gasteiger charge is 2.38. The van der Waals surface area contributed by atoms with E-state index in [0.29, 0.717) is 0 Å². The second kappa shape index (κ2) is 15.1. The summed E-state index contributed by atoms with van der Waals surface area (Å²) >= 11 is 3.12. The largest absolute Gasteiger partial charge is 0.309 e. The molecule has 2 nitrogen and oxygen atoms in total. The Morgan fingerprint density at radius 1 is 0.449 bits per heavy atom. The average molecular weight is 688 g/mol. The van der Waals surface area contributed by atoms with E-state index in [1.807, 2.05) is 97.1 Å². The lowest BCUT2D eigenvalue weighted by molar-refractivity contribution is 0.592. The Balaban J connectivity index is 1.41. The minimum atomic E-state index is -3.24. The van der Waals surface area contributed by atoms with E-state index < -0.39 is 11.9 Å². The maximum absolute atomic E-state index is 15.6. The molecular weight excluding hydrogens is 654 g/mol. The molecule has 0 unspecified atom stereocenters. The molecule has 0 bridgehead atoms. The maximum Gasteiger partial charge on any atom is 0.172 e. The number of nitrogens with zero attached hydrogens (tertiary/aromatic N) is 1. The molecule has 0 aliphatic carbocycles. The summed E-state index contributed by atoms with van der Waals surface area (Å²) < 4.78 is 20.4. The third-order valence-electron chi connectivity index (χ3n) is 8.48. The van der Waals surface area contributed by atoms with Gasteiger partial charge in [0.1, 0.15) is 9.79 Å². The van der Waals surface area contributed by atoms with Gasteiger partial charge in [-0.1, -0.05) is 206 Å². The fourth-order valence-corrected chi connectivity index (χ4v) is 11.4. The molecule has 0 aliphatic heterocycles. The van der Waals surface area contributed by atoms with Crippen molar-refractivity contribution in [2.75, 3.05) is 0 Å². The topological polar surface area (TPSA) is 29.4 Å². The van der Waals surface area contributed by atoms with Crippen LogP contribution in [0.15, 0.2) is 216 Å². The van der Waals surface area contributed by atoms with Crippen LogP contribution in [0.1, 0.15) is 22.3 Å². The molecule has 0 aliphatic rings. The van der Waals surface area contributed by atoms with E-state index in [9.17, 15) is 0 Å². The highest BCUT2D eigenvalue weighted by molar-refractivity contribution is 8.16. The number of thioether (sulfide) groups is 1. The number of hydrogen-bond acceptors (Lipinski definition) is 4. The summed E-state index contributed by atoms with van der Waals surface area (Å²) in [6.07, 6.45) is 0. The molecule has 7 aromatic carbocycles. The summed E-state index contributed by atoms with van der Waals surface area (Å²) in [7, 11) is -3.24. The van der Waals surface area contributed by atoms with Gasteiger partial charge in [0.25, 0.3) is 0 Å². The van der Waals surface area contributed by atoms with Gasteiger partial charge >= 0.3 is 0 Å². The lowest BCUT2D eigenvalue weighted by Crippen LogP contribution is -2.26. The zero-order valence-electron chi connectivity index (χ0n) is 26.7. The van der Waals surface area contributed by atoms with E-state index in [4.69, 9.17) is 4.40 Å². The van der Waals surface area contributed by atoms with Crippen molar-refractivity contribution in [2.45, 2.75) is 9.64 Å². The highest BCUT2D eigenvalue weighted by atomic mass is 32.2. The zero-order valence-corrected chi connectivity index (χ0v) is 29.3. The Bertz CT molecular complexity index is 2040. The van der Waals surface area contributed by atoms with Crippen LogP contribution < -0.4 is 15.9 Å². The van der Waals surface area contributed by atoms with Crippen LogP contribution in [0.5, 0.6) is 0 Å². The SMILES string of the molecule is O=P(c1ccccc1)(c1ccccc1)c1ccccc1S/C(=N/SC(c1ccccc1)(c1ccccc1)c1ccccc1)c1ccccc1. The van der Waals surface area contributed by atoms with Gasteiger partial charge in [-0.05, 0) is 40.8 Å². The summed E-state index contributed by atoms with van der Waals surface area (Å²) in [4.78, 5) is 0.909. The van der Waals surface area contributed by atoms with Gasteiger partial charge < -0.3 is 4.57 Å². The molecule has 0 heterocycles. The minimum Gasteiger partial charge on any atom is -0.309 e. The molecule has 0 fully saturated rings. The van der Waals surface area contributed by atoms with Crippen molar-refractivity contribution in [1.82, 2.24) is 0 Å². The van der Waals surface area contributed by atoms with Crippen LogP contribution in [0.4, 0.5) is 0 Å². The predicted octanol–water partition coefficient (Wildman–Crippen LogP) is 10.5. The first-order chi connectivity index (χ1) is 24.2. The minimum absolute atomic E-state index is 0.632. The van der Waals surface area contributed by atoms with Crippen molar-refractivity contribution in [3.8, 4) is 0 Å². The van der Waals surface area contributed by atoms with E-state index in [1.165, 1.54) is 0 Å². The quantitative estimate of drug-likeness (QED) is 0.0358. The molecule has 0 spiro atoms. The molecule has 7 aromatic rings. The lowest BCUT2D eigenvalue weighted by Gasteiger charge is -2.33. The molecule has 0 aromatic heterocycles. The molecule has 49 heavy (non-hydrogen) atoms. The second-order valence-corrected chi connectivity index (χ2v) is 16.2. The molecule has 0 atom stereocenters. The van der Waals surface area contributed by atoms with Gasteiger partial charge in [-0.3, -0.25) is 0 Å². The summed E-state index contributed by atoms with van der Waals surface area (Å²) in [5.74, 6) is 0. The molecule has 5 heteroatoms. The zero-order chi connectivity index (χ0) is 33.4. The van der Waals surface area contributed by atoms with Gasteiger partial charge in [-0.2, -0.15) is 0 Å². The van der Waals surface area contributed by atoms with Crippen LogP contribution in [-0.2, 0) is 9.31 Å². The first kappa shape index (κ1) is 32.7. The Kier molecular flexibility index (Phi) is 10.1. The first-order valence-electron chi connectivity index (χ1n) is 16.2. The standard InChI is InChI=1S/C44H34NOPS2/c46-47(39-29-15-5-16-30-39,40-31-17-6-18-32-40)41-33-19-20-34-42(41)48-43(35-21-7-1-8-22-35)45-49-44(36-23-9-2-10-24-36,37-25-11-3-12-26-37)38-27-13-4-14-28-38/h1-34H/b45-43+. The molecule has 238 valence electrons. The van der Waals surface area contributed by atoms with Crippen LogP contribution in [0.3, 0.4) is 0 Å². The van der Waals surface area contributed by atoms with E-state index >= 15 is 4.57 Å². The van der Waals surface area contributed by atoms with Crippen LogP contribution in [0.2, 0.25) is 0 Å². The van der Waals surface area contributed by atoms with Gasteiger partial charge in [0.2, 0.25) is 0 Å². The van der Waals surface area contributed by atoms with Crippen LogP contribution in [0.25, 0.3) is 0 Å². The Hall–Kier alpha value is -4.86. The van der Waals surface area contributed by atoms with Crippen molar-refractivity contribution < 1.29 is 4.57 Å². The van der Waals surface area contributed by atoms with Gasteiger partial charge in [-0.25, -0.2) is 4.40 Å². The molecule has 7 rings (SSSR count). The normalized spacial score (nSPS) is 12.0. The first-order valence-corrected chi connectivity index (χ1v) is 19.5. The smallest absolute Gasteiger partial charge is 0.172 e. The Morgan fingerprint density at radius 3 is 1.27 bits per heavy atom. The van der Waals surface area contributed by atoms with Crippen LogP contribution in [0, 0.1) is 0 Å². The van der Waals surface area contributed by atoms with Crippen molar-refractivity contribution in [3.05, 3.63) is 229 Å². The molecule has 0 saturated heterocycles. The molecule has 0 radical (unpaired) electrons. The molecular formula is C44H34NOPS2. The van der Waals surface area contributed by atoms with E-state index in [2.05, 4.69) is 109 Å². The third-order valence-corrected chi connectivity index (χ3v) is 14.2. The number of benzene rings is 7. The number of rotatable bonds is 10. The van der Waals surface area contributed by atoms with Crippen molar-refractivity contribution in [3.63, 3.8) is 0 Å². The van der Waals surface area contributed by atoms with Crippen molar-refractivity contribution >= 4 is 51.8 Å². The fraction of sp³-hybridized carbons (Fsp3) is 0.0227. The third kappa shape index (κ3) is 6.73. The maximum atomic E-state index is 15.6. The highest BCUT2D eigenvalue weighted by Crippen LogP contribution is 2.50. The summed E-state index contributed by atoms with van der Waals surface area (Å²) in [6, 6.07) is 69.9. The average Bonchev–Trinajstić information content (AvgIpc) is 3.20. The Labute approximate surface area is 297 Å². The fourth-order valence-electron chi connectivity index (χ4n) is 6.11. The van der Waals surface area contributed by atoms with E-state index in [0.717, 1.165) is 48.1 Å². The molecule has 0 amide bonds. The predicted molar refractivity (Wildman–Crippen MR) is 211 cm³/mol. The van der Waals surface area contributed by atoms with Crippen molar-refractivity contribution in [2.24, 2.45) is 4.40 Å². The summed E-state index contributed by atoms with van der Waals surface area (Å²) in [6.45, 7) is 0. The van der Waals surface area contributed by atoms with Gasteiger partial charge in [0.15, 0.2) is 7.14 Å².